The van der Waals surface area contributed by atoms with E-state index in [0.29, 0.717) is 5.78 Å². The Bertz CT molecular complexity index is 544. The van der Waals surface area contributed by atoms with E-state index in [1.54, 1.807) is 0 Å². The molecule has 5 heteroatoms. The van der Waals surface area contributed by atoms with Crippen molar-refractivity contribution in [3.63, 3.8) is 0 Å². The molecule has 270 valence electrons. The summed E-state index contributed by atoms with van der Waals surface area (Å²) >= 11 is 0. The molecule has 0 spiro atoms. The summed E-state index contributed by atoms with van der Waals surface area (Å²) < 4.78 is 0. The van der Waals surface area contributed by atoms with Crippen LogP contribution in [0.4, 0.5) is 0 Å². The molecule has 1 unspecified atom stereocenters. The van der Waals surface area contributed by atoms with Crippen molar-refractivity contribution < 1.29 is 4.79 Å². The molecule has 0 saturated carbocycles. The molecule has 0 aromatic carbocycles. The second kappa shape index (κ2) is 38.0. The number of hydrogen-bond donors (Lipinski definition) is 4. The standard InChI is InChI=1S/C40H84N4O/c1-3-5-7-9-11-13-15-17-19-21-23-25-30-38(31-26-24-22-20-18-16-14-12-10-8-6-4-2)40(45)39(42)32-37-44-35-28-27-34-43-36-29-33-41/h38-39,43-44H,3-37,41-42H2,1-2H3. The molecule has 0 saturated heterocycles. The Morgan fingerprint density at radius 2 is 0.778 bits per heavy atom. The van der Waals surface area contributed by atoms with Crippen LogP contribution < -0.4 is 22.1 Å². The number of rotatable bonds is 39. The van der Waals surface area contributed by atoms with Gasteiger partial charge in [-0.1, -0.05) is 168 Å². The highest BCUT2D eigenvalue weighted by molar-refractivity contribution is 5.86. The van der Waals surface area contributed by atoms with E-state index in [0.717, 1.165) is 64.8 Å². The highest BCUT2D eigenvalue weighted by Crippen LogP contribution is 2.22. The van der Waals surface area contributed by atoms with Crippen molar-refractivity contribution in [3.8, 4) is 0 Å². The van der Waals surface area contributed by atoms with Crippen LogP contribution in [0.5, 0.6) is 0 Å². The van der Waals surface area contributed by atoms with E-state index < -0.39 is 0 Å². The number of unbranched alkanes of at least 4 members (excludes halogenated alkanes) is 23. The van der Waals surface area contributed by atoms with E-state index in [9.17, 15) is 4.79 Å². The molecule has 0 aliphatic rings. The molecule has 0 aromatic heterocycles. The third kappa shape index (κ3) is 33.2. The number of Topliss-reactive ketones (excluding diaryl/α,β-unsaturated/α-hetero) is 1. The Morgan fingerprint density at radius 3 is 1.16 bits per heavy atom. The minimum absolute atomic E-state index is 0.172. The largest absolute Gasteiger partial charge is 0.330 e. The third-order valence-corrected chi connectivity index (χ3v) is 9.73. The highest BCUT2D eigenvalue weighted by atomic mass is 16.1. The van der Waals surface area contributed by atoms with Gasteiger partial charge in [0.2, 0.25) is 0 Å². The first-order valence-electron chi connectivity index (χ1n) is 20.6. The maximum atomic E-state index is 13.4. The van der Waals surface area contributed by atoms with Crippen LogP contribution in [0.2, 0.25) is 0 Å². The smallest absolute Gasteiger partial charge is 0.152 e. The quantitative estimate of drug-likeness (QED) is 0.0504. The third-order valence-electron chi connectivity index (χ3n) is 9.73. The second-order valence-electron chi connectivity index (χ2n) is 14.2. The molecular formula is C40H84N4O. The van der Waals surface area contributed by atoms with Crippen LogP contribution in [-0.2, 0) is 4.79 Å². The van der Waals surface area contributed by atoms with Crippen molar-refractivity contribution in [1.82, 2.24) is 10.6 Å². The molecule has 5 nitrogen and oxygen atoms in total. The molecule has 0 bridgehead atoms. The predicted octanol–water partition coefficient (Wildman–Crippen LogP) is 10.4. The van der Waals surface area contributed by atoms with Gasteiger partial charge in [-0.25, -0.2) is 0 Å². The Morgan fingerprint density at radius 1 is 0.444 bits per heavy atom. The van der Waals surface area contributed by atoms with Gasteiger partial charge in [0.25, 0.3) is 0 Å². The minimum Gasteiger partial charge on any atom is -0.330 e. The van der Waals surface area contributed by atoms with Crippen LogP contribution in [0.15, 0.2) is 0 Å². The van der Waals surface area contributed by atoms with Gasteiger partial charge in [0.15, 0.2) is 5.78 Å². The van der Waals surface area contributed by atoms with Crippen LogP contribution in [0.1, 0.15) is 206 Å². The first kappa shape index (κ1) is 44.5. The average Bonchev–Trinajstić information content (AvgIpc) is 3.05. The van der Waals surface area contributed by atoms with Crippen molar-refractivity contribution in [2.24, 2.45) is 17.4 Å². The van der Waals surface area contributed by atoms with Gasteiger partial charge < -0.3 is 22.1 Å². The summed E-state index contributed by atoms with van der Waals surface area (Å²) in [6.45, 7) is 9.25. The van der Waals surface area contributed by atoms with Gasteiger partial charge in [-0.3, -0.25) is 4.79 Å². The summed E-state index contributed by atoms with van der Waals surface area (Å²) in [5, 5.41) is 6.96. The summed E-state index contributed by atoms with van der Waals surface area (Å²) in [6.07, 6.45) is 39.0. The summed E-state index contributed by atoms with van der Waals surface area (Å²) in [7, 11) is 0. The van der Waals surface area contributed by atoms with Gasteiger partial charge in [-0.2, -0.15) is 0 Å². The monoisotopic (exact) mass is 637 g/mol. The van der Waals surface area contributed by atoms with E-state index in [2.05, 4.69) is 24.5 Å². The van der Waals surface area contributed by atoms with Crippen LogP contribution in [0, 0.1) is 5.92 Å². The Hall–Kier alpha value is -0.490. The van der Waals surface area contributed by atoms with Crippen LogP contribution >= 0.6 is 0 Å². The van der Waals surface area contributed by atoms with Gasteiger partial charge in [-0.05, 0) is 71.2 Å². The average molecular weight is 637 g/mol. The molecule has 0 fully saturated rings. The molecule has 0 rings (SSSR count). The molecule has 0 aliphatic carbocycles. The van der Waals surface area contributed by atoms with Gasteiger partial charge in [-0.15, -0.1) is 0 Å². The number of ketones is 1. The first-order chi connectivity index (χ1) is 22.2. The summed E-state index contributed by atoms with van der Waals surface area (Å²) in [4.78, 5) is 13.4. The molecule has 6 N–H and O–H groups in total. The molecule has 0 heterocycles. The lowest BCUT2D eigenvalue weighted by molar-refractivity contribution is -0.124. The van der Waals surface area contributed by atoms with Gasteiger partial charge in [0, 0.05) is 5.92 Å². The summed E-state index contributed by atoms with van der Waals surface area (Å²) in [5.74, 6) is 0.512. The fourth-order valence-electron chi connectivity index (χ4n) is 6.57. The second-order valence-corrected chi connectivity index (χ2v) is 14.2. The van der Waals surface area contributed by atoms with Crippen LogP contribution in [-0.4, -0.2) is 44.5 Å². The fourth-order valence-corrected chi connectivity index (χ4v) is 6.57. The lowest BCUT2D eigenvalue weighted by atomic mass is 9.87. The van der Waals surface area contributed by atoms with Crippen LogP contribution in [0.25, 0.3) is 0 Å². The maximum Gasteiger partial charge on any atom is 0.152 e. The lowest BCUT2D eigenvalue weighted by Crippen LogP contribution is -2.38. The predicted molar refractivity (Wildman–Crippen MR) is 201 cm³/mol. The first-order valence-corrected chi connectivity index (χ1v) is 20.6. The van der Waals surface area contributed by atoms with E-state index >= 15 is 0 Å². The zero-order valence-corrected chi connectivity index (χ0v) is 31.0. The highest BCUT2D eigenvalue weighted by Gasteiger charge is 2.23. The number of nitrogens with one attached hydrogen (secondary N) is 2. The molecule has 1 atom stereocenters. The van der Waals surface area contributed by atoms with Crippen LogP contribution in [0.3, 0.4) is 0 Å². The van der Waals surface area contributed by atoms with Crippen molar-refractivity contribution in [2.45, 2.75) is 213 Å². The zero-order valence-electron chi connectivity index (χ0n) is 31.0. The van der Waals surface area contributed by atoms with Crippen molar-refractivity contribution in [3.05, 3.63) is 0 Å². The Kier molecular flexibility index (Phi) is 37.5. The zero-order chi connectivity index (χ0) is 32.9. The van der Waals surface area contributed by atoms with E-state index in [-0.39, 0.29) is 12.0 Å². The van der Waals surface area contributed by atoms with Crippen molar-refractivity contribution in [1.29, 1.82) is 0 Å². The van der Waals surface area contributed by atoms with E-state index in [1.165, 1.54) is 161 Å². The molecule has 0 radical (unpaired) electrons. The van der Waals surface area contributed by atoms with Crippen molar-refractivity contribution in [2.75, 3.05) is 32.7 Å². The van der Waals surface area contributed by atoms with Gasteiger partial charge >= 0.3 is 0 Å². The number of carbonyl (C=O) groups excluding carboxylic acids is 1. The SMILES string of the molecule is CCCCCCCCCCCCCCC(CCCCCCCCCCCCCC)C(=O)C(N)CCNCCCCNCCCN. The summed E-state index contributed by atoms with van der Waals surface area (Å²) in [5.41, 5.74) is 12.0. The number of nitrogens with two attached hydrogens (primary N) is 2. The van der Waals surface area contributed by atoms with Crippen molar-refractivity contribution >= 4 is 5.78 Å². The molecule has 0 amide bonds. The van der Waals surface area contributed by atoms with Gasteiger partial charge in [0.1, 0.15) is 0 Å². The molecular weight excluding hydrogens is 552 g/mol. The molecule has 0 aliphatic heterocycles. The fraction of sp³-hybridized carbons (Fsp3) is 0.975. The number of carbonyl (C=O) groups is 1. The molecule has 45 heavy (non-hydrogen) atoms. The number of hydrogen-bond acceptors (Lipinski definition) is 5. The Balaban J connectivity index is 4.21. The topological polar surface area (TPSA) is 93.2 Å². The Labute approximate surface area is 283 Å². The van der Waals surface area contributed by atoms with E-state index in [4.69, 9.17) is 11.5 Å². The normalized spacial score (nSPS) is 12.4. The molecule has 0 aromatic rings. The maximum absolute atomic E-state index is 13.4. The lowest BCUT2D eigenvalue weighted by Gasteiger charge is -2.20. The minimum atomic E-state index is -0.310. The summed E-state index contributed by atoms with van der Waals surface area (Å²) in [6, 6.07) is -0.310. The van der Waals surface area contributed by atoms with E-state index in [1.807, 2.05) is 0 Å². The van der Waals surface area contributed by atoms with Gasteiger partial charge in [0.05, 0.1) is 6.04 Å².